The summed E-state index contributed by atoms with van der Waals surface area (Å²) in [5, 5.41) is 26.5. The fourth-order valence-electron chi connectivity index (χ4n) is 6.59. The Kier molecular flexibility index (Phi) is 10.8. The van der Waals surface area contributed by atoms with Gasteiger partial charge in [-0.3, -0.25) is 14.4 Å². The van der Waals surface area contributed by atoms with E-state index < -0.39 is 6.04 Å². The number of hydrogen-bond donors (Lipinski definition) is 6. The number of benzene rings is 3. The van der Waals surface area contributed by atoms with Gasteiger partial charge in [0.1, 0.15) is 6.04 Å². The van der Waals surface area contributed by atoms with E-state index >= 15 is 0 Å². The molecular weight excluding hydrogens is 606 g/mol. The molecule has 6 rings (SSSR count). The third-order valence-corrected chi connectivity index (χ3v) is 9.54. The molecular formula is C36H43N9O3. The Morgan fingerprint density at radius 1 is 0.792 bits per heavy atom. The lowest BCUT2D eigenvalue weighted by atomic mass is 9.81. The molecule has 12 nitrogen and oxygen atoms in total. The van der Waals surface area contributed by atoms with Crippen LogP contribution in [0.5, 0.6) is 0 Å². The topological polar surface area (TPSA) is 180 Å². The first kappa shape index (κ1) is 33.0. The lowest BCUT2D eigenvalue weighted by Gasteiger charge is -2.28. The van der Waals surface area contributed by atoms with Crippen molar-refractivity contribution in [1.82, 2.24) is 31.3 Å². The first-order valence-electron chi connectivity index (χ1n) is 16.8. The molecule has 0 radical (unpaired) electrons. The fourth-order valence-corrected chi connectivity index (χ4v) is 6.59. The summed E-state index contributed by atoms with van der Waals surface area (Å²) in [4.78, 5) is 40.1. The van der Waals surface area contributed by atoms with Crippen molar-refractivity contribution in [1.29, 1.82) is 0 Å². The maximum Gasteiger partial charge on any atom is 0.247 e. The number of hydrogen-bond acceptors (Lipinski definition) is 8. The van der Waals surface area contributed by atoms with E-state index in [4.69, 9.17) is 5.73 Å². The van der Waals surface area contributed by atoms with E-state index in [1.165, 1.54) is 0 Å². The van der Waals surface area contributed by atoms with Gasteiger partial charge < -0.3 is 27.0 Å². The number of nitrogens with two attached hydrogens (primary N) is 1. The largest absolute Gasteiger partial charge is 0.344 e. The Morgan fingerprint density at radius 2 is 1.48 bits per heavy atom. The highest BCUT2D eigenvalue weighted by Crippen LogP contribution is 2.30. The molecule has 250 valence electrons. The van der Waals surface area contributed by atoms with Gasteiger partial charge in [-0.05, 0) is 111 Å². The van der Waals surface area contributed by atoms with Crippen molar-refractivity contribution in [3.63, 3.8) is 0 Å². The van der Waals surface area contributed by atoms with Crippen LogP contribution in [0.15, 0.2) is 72.8 Å². The quantitative estimate of drug-likeness (QED) is 0.142. The summed E-state index contributed by atoms with van der Waals surface area (Å²) in [5.74, 6) is 0.402. The number of carbonyl (C=O) groups is 3. The minimum absolute atomic E-state index is 0.000861. The van der Waals surface area contributed by atoms with Crippen LogP contribution in [0.4, 0.5) is 11.4 Å². The zero-order valence-electron chi connectivity index (χ0n) is 27.0. The van der Waals surface area contributed by atoms with E-state index in [2.05, 4.69) is 41.9 Å². The Morgan fingerprint density at radius 3 is 2.17 bits per heavy atom. The van der Waals surface area contributed by atoms with Gasteiger partial charge in [0.2, 0.25) is 23.5 Å². The van der Waals surface area contributed by atoms with E-state index in [0.29, 0.717) is 30.4 Å². The summed E-state index contributed by atoms with van der Waals surface area (Å²) >= 11 is 0. The monoisotopic (exact) mass is 649 g/mol. The van der Waals surface area contributed by atoms with Crippen LogP contribution in [0.1, 0.15) is 44.1 Å². The molecule has 1 aliphatic carbocycles. The van der Waals surface area contributed by atoms with Gasteiger partial charge in [-0.15, -0.1) is 10.2 Å². The molecule has 7 N–H and O–H groups in total. The van der Waals surface area contributed by atoms with Crippen LogP contribution in [0.3, 0.4) is 0 Å². The highest BCUT2D eigenvalue weighted by molar-refractivity contribution is 5.98. The van der Waals surface area contributed by atoms with Crippen LogP contribution in [-0.2, 0) is 20.8 Å². The average molecular weight is 650 g/mol. The van der Waals surface area contributed by atoms with Gasteiger partial charge in [-0.1, -0.05) is 42.5 Å². The summed E-state index contributed by atoms with van der Waals surface area (Å²) in [7, 11) is 0. The average Bonchev–Trinajstić information content (AvgIpc) is 3.68. The van der Waals surface area contributed by atoms with Crippen molar-refractivity contribution in [3.05, 3.63) is 78.4 Å². The predicted molar refractivity (Wildman–Crippen MR) is 184 cm³/mol. The van der Waals surface area contributed by atoms with E-state index in [1.54, 1.807) is 24.3 Å². The molecule has 3 aromatic carbocycles. The van der Waals surface area contributed by atoms with E-state index in [1.807, 2.05) is 48.5 Å². The number of piperidine rings is 1. The Labute approximate surface area is 280 Å². The van der Waals surface area contributed by atoms with Crippen molar-refractivity contribution >= 4 is 29.1 Å². The normalized spacial score (nSPS) is 18.9. The highest BCUT2D eigenvalue weighted by atomic mass is 16.2. The number of rotatable bonds is 11. The smallest absolute Gasteiger partial charge is 0.247 e. The predicted octanol–water partition coefficient (Wildman–Crippen LogP) is 3.90. The number of anilines is 2. The zero-order valence-corrected chi connectivity index (χ0v) is 27.0. The molecule has 1 atom stereocenters. The fraction of sp³-hybridized carbons (Fsp3) is 0.389. The second kappa shape index (κ2) is 15.8. The number of amides is 3. The highest BCUT2D eigenvalue weighted by Gasteiger charge is 2.29. The molecule has 0 bridgehead atoms. The van der Waals surface area contributed by atoms with E-state index in [-0.39, 0.29) is 29.6 Å². The van der Waals surface area contributed by atoms with Crippen molar-refractivity contribution in [3.8, 4) is 22.5 Å². The van der Waals surface area contributed by atoms with Crippen molar-refractivity contribution in [2.75, 3.05) is 30.3 Å². The number of carbonyl (C=O) groups excluding carboxylic acids is 3. The number of aromatic nitrogens is 4. The maximum atomic E-state index is 13.7. The molecule has 1 saturated carbocycles. The Bertz CT molecular complexity index is 1660. The van der Waals surface area contributed by atoms with E-state index in [9.17, 15) is 14.4 Å². The summed E-state index contributed by atoms with van der Waals surface area (Å²) < 4.78 is 0. The maximum absolute atomic E-state index is 13.7. The van der Waals surface area contributed by atoms with Crippen LogP contribution in [-0.4, -0.2) is 64.0 Å². The third kappa shape index (κ3) is 8.31. The number of tetrazole rings is 1. The van der Waals surface area contributed by atoms with Crippen molar-refractivity contribution < 1.29 is 14.4 Å². The first-order chi connectivity index (χ1) is 23.5. The molecule has 48 heavy (non-hydrogen) atoms. The second-order valence-corrected chi connectivity index (χ2v) is 12.8. The van der Waals surface area contributed by atoms with Crippen molar-refractivity contribution in [2.45, 2.75) is 51.0 Å². The minimum atomic E-state index is -0.788. The number of nitrogens with zero attached hydrogens (tertiary/aromatic N) is 3. The molecule has 3 amide bonds. The molecule has 1 aromatic heterocycles. The van der Waals surface area contributed by atoms with Crippen LogP contribution in [0, 0.1) is 17.8 Å². The van der Waals surface area contributed by atoms with Gasteiger partial charge in [-0.2, -0.15) is 5.21 Å². The van der Waals surface area contributed by atoms with E-state index in [0.717, 1.165) is 79.6 Å². The molecule has 1 aliphatic heterocycles. The van der Waals surface area contributed by atoms with Crippen LogP contribution in [0.25, 0.3) is 22.5 Å². The SMILES string of the molecule is NCC1CCC(C(=O)NC(Cc2ccc(-c3ccccc3NC(=O)C3CCNCC3)cc2)C(=O)Nc2ccc(-c3nn[nH]n3)cc2)CC1. The van der Waals surface area contributed by atoms with Crippen LogP contribution >= 0.6 is 0 Å². The summed E-state index contributed by atoms with van der Waals surface area (Å²) in [6.45, 7) is 2.34. The van der Waals surface area contributed by atoms with Crippen LogP contribution < -0.4 is 27.0 Å². The lowest BCUT2D eigenvalue weighted by Crippen LogP contribution is -2.48. The molecule has 2 aliphatic rings. The zero-order chi connectivity index (χ0) is 33.3. The summed E-state index contributed by atoms with van der Waals surface area (Å²) in [5.41, 5.74) is 10.8. The summed E-state index contributed by atoms with van der Waals surface area (Å²) in [6, 6.07) is 22.1. The number of aromatic amines is 1. The first-order valence-corrected chi connectivity index (χ1v) is 16.8. The second-order valence-electron chi connectivity index (χ2n) is 12.8. The van der Waals surface area contributed by atoms with Crippen molar-refractivity contribution in [2.24, 2.45) is 23.5 Å². The van der Waals surface area contributed by atoms with Gasteiger partial charge in [0.05, 0.1) is 0 Å². The van der Waals surface area contributed by atoms with Gasteiger partial charge in [0, 0.05) is 40.8 Å². The molecule has 1 saturated heterocycles. The van der Waals surface area contributed by atoms with Gasteiger partial charge >= 0.3 is 0 Å². The molecule has 4 aromatic rings. The van der Waals surface area contributed by atoms with Crippen LogP contribution in [0.2, 0.25) is 0 Å². The lowest BCUT2D eigenvalue weighted by molar-refractivity contribution is -0.130. The van der Waals surface area contributed by atoms with Gasteiger partial charge in [-0.25, -0.2) is 0 Å². The Balaban J connectivity index is 1.16. The standard InChI is InChI=1S/C36H43N9O3/c37-22-24-7-11-27(12-8-24)34(46)41-32(36(48)39-29-15-13-26(14-16-29)33-42-44-45-43-33)21-23-5-9-25(10-6-23)30-3-1-2-4-31(30)40-35(47)28-17-19-38-20-18-28/h1-6,9-10,13-16,24,27-28,32,38H,7-8,11-12,17-22,37H2,(H,39,48)(H,40,47)(H,41,46)(H,42,43,44,45). The van der Waals surface area contributed by atoms with Gasteiger partial charge in [0.25, 0.3) is 0 Å². The molecule has 2 heterocycles. The number of H-pyrrole nitrogens is 1. The molecule has 2 fully saturated rings. The molecule has 0 spiro atoms. The number of para-hydroxylation sites is 1. The molecule has 1 unspecified atom stereocenters. The minimum Gasteiger partial charge on any atom is -0.344 e. The van der Waals surface area contributed by atoms with Gasteiger partial charge in [0.15, 0.2) is 0 Å². The Hall–Kier alpha value is -4.94. The third-order valence-electron chi connectivity index (χ3n) is 9.54. The summed E-state index contributed by atoms with van der Waals surface area (Å²) in [6.07, 6.45) is 5.33. The molecule has 12 heteroatoms. The number of nitrogens with one attached hydrogen (secondary N) is 5.